The second-order valence-electron chi connectivity index (χ2n) is 4.03. The first kappa shape index (κ1) is 12.2. The summed E-state index contributed by atoms with van der Waals surface area (Å²) in [6, 6.07) is 7.44. The van der Waals surface area contributed by atoms with Crippen molar-refractivity contribution in [2.75, 3.05) is 0 Å². The van der Waals surface area contributed by atoms with E-state index >= 15 is 0 Å². The van der Waals surface area contributed by atoms with E-state index in [-0.39, 0.29) is 5.91 Å². The Kier molecular flexibility index (Phi) is 3.62. The molecule has 94 valence electrons. The normalized spacial score (nSPS) is 11.0. The van der Waals surface area contributed by atoms with Gasteiger partial charge in [0.05, 0.1) is 12.6 Å². The molecule has 0 atom stereocenters. The molecule has 5 heteroatoms. The Bertz CT molecular complexity index is 566. The molecular weight excluding hydrogens is 230 g/mol. The van der Waals surface area contributed by atoms with Crippen LogP contribution < -0.4 is 5.43 Å². The van der Waals surface area contributed by atoms with Crippen molar-refractivity contribution in [1.29, 1.82) is 0 Å². The fraction of sp³-hybridized carbons (Fsp3) is 0.231. The van der Waals surface area contributed by atoms with Crippen LogP contribution in [-0.4, -0.2) is 16.7 Å². The molecule has 2 aromatic heterocycles. The number of aryl methyl sites for hydroxylation is 2. The average Bonchev–Trinajstić information content (AvgIpc) is 2.89. The summed E-state index contributed by atoms with van der Waals surface area (Å²) in [6.07, 6.45) is 3.69. The van der Waals surface area contributed by atoms with Crippen LogP contribution in [0.4, 0.5) is 0 Å². The van der Waals surface area contributed by atoms with Gasteiger partial charge in [-0.1, -0.05) is 0 Å². The second kappa shape index (κ2) is 5.35. The zero-order valence-electron chi connectivity index (χ0n) is 10.4. The minimum atomic E-state index is -0.156. The highest BCUT2D eigenvalue weighted by atomic mass is 16.3. The summed E-state index contributed by atoms with van der Waals surface area (Å²) in [5.74, 6) is 1.27. The summed E-state index contributed by atoms with van der Waals surface area (Å²) in [5, 5.41) is 3.84. The Labute approximate surface area is 105 Å². The van der Waals surface area contributed by atoms with Gasteiger partial charge in [0.1, 0.15) is 11.5 Å². The van der Waals surface area contributed by atoms with Gasteiger partial charge in [0, 0.05) is 18.9 Å². The van der Waals surface area contributed by atoms with E-state index in [0.717, 1.165) is 11.5 Å². The molecular formula is C13H15N3O2. The van der Waals surface area contributed by atoms with Gasteiger partial charge in [-0.25, -0.2) is 5.43 Å². The van der Waals surface area contributed by atoms with Crippen LogP contribution in [0.15, 0.2) is 40.0 Å². The van der Waals surface area contributed by atoms with Crippen molar-refractivity contribution in [2.45, 2.75) is 13.3 Å². The van der Waals surface area contributed by atoms with Crippen LogP contribution in [0.2, 0.25) is 0 Å². The first-order valence-corrected chi connectivity index (χ1v) is 5.64. The number of hydrazone groups is 1. The van der Waals surface area contributed by atoms with Crippen molar-refractivity contribution in [1.82, 2.24) is 9.99 Å². The monoisotopic (exact) mass is 245 g/mol. The minimum Gasteiger partial charge on any atom is -0.460 e. The third-order valence-corrected chi connectivity index (χ3v) is 2.54. The van der Waals surface area contributed by atoms with Gasteiger partial charge in [-0.05, 0) is 31.2 Å². The number of hydrogen-bond donors (Lipinski definition) is 1. The van der Waals surface area contributed by atoms with Crippen molar-refractivity contribution in [2.24, 2.45) is 12.1 Å². The number of nitrogens with zero attached hydrogens (tertiary/aromatic N) is 2. The molecule has 2 rings (SSSR count). The second-order valence-corrected chi connectivity index (χ2v) is 4.03. The van der Waals surface area contributed by atoms with Crippen molar-refractivity contribution >= 4 is 12.1 Å². The highest BCUT2D eigenvalue weighted by molar-refractivity contribution is 5.81. The summed E-state index contributed by atoms with van der Waals surface area (Å²) in [4.78, 5) is 11.6. The van der Waals surface area contributed by atoms with Crippen LogP contribution in [0.25, 0.3) is 0 Å². The van der Waals surface area contributed by atoms with Crippen LogP contribution in [0.5, 0.6) is 0 Å². The zero-order chi connectivity index (χ0) is 13.0. The molecule has 0 saturated heterocycles. The molecule has 5 nitrogen and oxygen atoms in total. The quantitative estimate of drug-likeness (QED) is 0.657. The molecule has 0 spiro atoms. The Balaban J connectivity index is 1.85. The van der Waals surface area contributed by atoms with E-state index in [9.17, 15) is 4.79 Å². The molecule has 2 aromatic rings. The summed E-state index contributed by atoms with van der Waals surface area (Å²) >= 11 is 0. The van der Waals surface area contributed by atoms with Gasteiger partial charge in [0.25, 0.3) is 0 Å². The Hall–Kier alpha value is -2.30. The molecule has 0 radical (unpaired) electrons. The van der Waals surface area contributed by atoms with Crippen LogP contribution >= 0.6 is 0 Å². The highest BCUT2D eigenvalue weighted by Gasteiger charge is 2.04. The molecule has 2 heterocycles. The summed E-state index contributed by atoms with van der Waals surface area (Å²) in [6.45, 7) is 1.85. The first-order valence-electron chi connectivity index (χ1n) is 5.64. The van der Waals surface area contributed by atoms with Gasteiger partial charge in [0.2, 0.25) is 5.91 Å². The van der Waals surface area contributed by atoms with Crippen molar-refractivity contribution in [3.05, 3.63) is 47.7 Å². The number of carbonyl (C=O) groups is 1. The third-order valence-electron chi connectivity index (χ3n) is 2.54. The van der Waals surface area contributed by atoms with E-state index in [4.69, 9.17) is 4.42 Å². The number of aromatic nitrogens is 1. The van der Waals surface area contributed by atoms with Crippen molar-refractivity contribution in [3.63, 3.8) is 0 Å². The molecule has 0 fully saturated rings. The standard InChI is InChI=1S/C13H15N3O2/c1-10-5-6-12(18-10)9-14-15-13(17)8-11-4-3-7-16(11)2/h3-7,9H,8H2,1-2H3,(H,15,17)/b14-9-. The lowest BCUT2D eigenvalue weighted by molar-refractivity contribution is -0.120. The van der Waals surface area contributed by atoms with Gasteiger partial charge in [-0.2, -0.15) is 5.10 Å². The molecule has 0 aromatic carbocycles. The summed E-state index contributed by atoms with van der Waals surface area (Å²) in [5.41, 5.74) is 3.40. The Morgan fingerprint density at radius 1 is 1.50 bits per heavy atom. The predicted molar refractivity (Wildman–Crippen MR) is 68.3 cm³/mol. The van der Waals surface area contributed by atoms with Crippen LogP contribution in [-0.2, 0) is 18.3 Å². The number of hydrogen-bond acceptors (Lipinski definition) is 3. The molecule has 1 amide bonds. The number of furan rings is 1. The Morgan fingerprint density at radius 3 is 2.94 bits per heavy atom. The van der Waals surface area contributed by atoms with E-state index in [2.05, 4.69) is 10.5 Å². The molecule has 18 heavy (non-hydrogen) atoms. The van der Waals surface area contributed by atoms with Gasteiger partial charge in [-0.15, -0.1) is 0 Å². The zero-order valence-corrected chi connectivity index (χ0v) is 10.4. The molecule has 0 unspecified atom stereocenters. The van der Waals surface area contributed by atoms with Gasteiger partial charge in [0.15, 0.2) is 0 Å². The molecule has 1 N–H and O–H groups in total. The maximum absolute atomic E-state index is 11.6. The fourth-order valence-corrected chi connectivity index (χ4v) is 1.57. The number of rotatable bonds is 4. The van der Waals surface area contributed by atoms with Crippen molar-refractivity contribution < 1.29 is 9.21 Å². The Morgan fingerprint density at radius 2 is 2.33 bits per heavy atom. The lowest BCUT2D eigenvalue weighted by atomic mass is 10.3. The number of carbonyl (C=O) groups excluding carboxylic acids is 1. The molecule has 0 aliphatic carbocycles. The third kappa shape index (κ3) is 3.10. The van der Waals surface area contributed by atoms with Gasteiger partial charge >= 0.3 is 0 Å². The summed E-state index contributed by atoms with van der Waals surface area (Å²) in [7, 11) is 1.90. The topological polar surface area (TPSA) is 59.5 Å². The highest BCUT2D eigenvalue weighted by Crippen LogP contribution is 2.03. The molecule has 0 bridgehead atoms. The SMILES string of the molecule is Cc1ccc(/C=N\NC(=O)Cc2cccn2C)o1. The fourth-order valence-electron chi connectivity index (χ4n) is 1.57. The smallest absolute Gasteiger partial charge is 0.245 e. The molecule has 0 saturated carbocycles. The summed E-state index contributed by atoms with van der Waals surface area (Å²) < 4.78 is 7.19. The first-order chi connectivity index (χ1) is 8.65. The predicted octanol–water partition coefficient (Wildman–Crippen LogP) is 1.62. The maximum Gasteiger partial charge on any atom is 0.245 e. The lowest BCUT2D eigenvalue weighted by Gasteiger charge is -2.01. The van der Waals surface area contributed by atoms with E-state index in [1.807, 2.05) is 42.9 Å². The molecule has 0 aliphatic heterocycles. The lowest BCUT2D eigenvalue weighted by Crippen LogP contribution is -2.20. The van der Waals surface area contributed by atoms with E-state index in [1.54, 1.807) is 6.07 Å². The van der Waals surface area contributed by atoms with E-state index < -0.39 is 0 Å². The molecule has 0 aliphatic rings. The average molecular weight is 245 g/mol. The van der Waals surface area contributed by atoms with Crippen molar-refractivity contribution in [3.8, 4) is 0 Å². The maximum atomic E-state index is 11.6. The van der Waals surface area contributed by atoms with E-state index in [1.165, 1.54) is 6.21 Å². The van der Waals surface area contributed by atoms with Crippen LogP contribution in [0, 0.1) is 6.92 Å². The van der Waals surface area contributed by atoms with Gasteiger partial charge < -0.3 is 8.98 Å². The number of amides is 1. The largest absolute Gasteiger partial charge is 0.460 e. The van der Waals surface area contributed by atoms with Gasteiger partial charge in [-0.3, -0.25) is 4.79 Å². The minimum absolute atomic E-state index is 0.156. The van der Waals surface area contributed by atoms with Crippen LogP contribution in [0.3, 0.4) is 0 Å². The van der Waals surface area contributed by atoms with E-state index in [0.29, 0.717) is 12.2 Å². The number of nitrogens with one attached hydrogen (secondary N) is 1. The van der Waals surface area contributed by atoms with Crippen LogP contribution in [0.1, 0.15) is 17.2 Å².